The number of ether oxygens (including phenoxy) is 1. The molecule has 2 aromatic carbocycles. The third-order valence-electron chi connectivity index (χ3n) is 2.65. The number of hydrogen-bond acceptors (Lipinski definition) is 1. The molecule has 18 heavy (non-hydrogen) atoms. The second-order valence-corrected chi connectivity index (χ2v) is 6.23. The molecule has 0 N–H and O–H groups in total. The van der Waals surface area contributed by atoms with E-state index >= 15 is 0 Å². The van der Waals surface area contributed by atoms with Crippen LogP contribution in [0.4, 0.5) is 0 Å². The van der Waals surface area contributed by atoms with Crippen LogP contribution in [0.25, 0.3) is 0 Å². The summed E-state index contributed by atoms with van der Waals surface area (Å²) in [5, 5.41) is -0.152. The predicted molar refractivity (Wildman–Crippen MR) is 87.5 cm³/mol. The van der Waals surface area contributed by atoms with Crippen molar-refractivity contribution in [2.45, 2.75) is 5.38 Å². The van der Waals surface area contributed by atoms with Crippen molar-refractivity contribution in [1.29, 1.82) is 0 Å². The molecule has 1 nitrogen and oxygen atoms in total. The summed E-state index contributed by atoms with van der Waals surface area (Å²) < 4.78 is 7.30. The van der Waals surface area contributed by atoms with Crippen LogP contribution >= 0.6 is 50.1 Å². The Hall–Kier alpha value is -0.260. The highest BCUT2D eigenvalue weighted by Crippen LogP contribution is 2.35. The molecular formula is C14H11BrClIO. The van der Waals surface area contributed by atoms with Crippen molar-refractivity contribution >= 4 is 50.1 Å². The standard InChI is InChI=1S/C14H11BrClIO/c1-18-13-7-6-9(8-11(13)15)14(16)10-4-2-3-5-12(10)17/h2-8,14H,1H3. The van der Waals surface area contributed by atoms with Crippen LogP contribution in [0.3, 0.4) is 0 Å². The fourth-order valence-electron chi connectivity index (χ4n) is 1.70. The van der Waals surface area contributed by atoms with Gasteiger partial charge in [-0.15, -0.1) is 11.6 Å². The van der Waals surface area contributed by atoms with E-state index in [-0.39, 0.29) is 5.38 Å². The minimum atomic E-state index is -0.152. The molecule has 0 saturated heterocycles. The van der Waals surface area contributed by atoms with E-state index in [2.05, 4.69) is 50.7 Å². The zero-order chi connectivity index (χ0) is 13.1. The molecule has 1 atom stereocenters. The molecule has 2 aromatic rings. The second-order valence-electron chi connectivity index (χ2n) is 3.78. The Morgan fingerprint density at radius 1 is 1.22 bits per heavy atom. The first kappa shape index (κ1) is 14.2. The third kappa shape index (κ3) is 3.00. The van der Waals surface area contributed by atoms with E-state index in [9.17, 15) is 0 Å². The number of benzene rings is 2. The van der Waals surface area contributed by atoms with Crippen molar-refractivity contribution in [2.75, 3.05) is 7.11 Å². The molecule has 0 spiro atoms. The van der Waals surface area contributed by atoms with Gasteiger partial charge in [-0.05, 0) is 67.8 Å². The molecule has 1 unspecified atom stereocenters. The van der Waals surface area contributed by atoms with Gasteiger partial charge in [-0.2, -0.15) is 0 Å². The summed E-state index contributed by atoms with van der Waals surface area (Å²) in [6.45, 7) is 0. The van der Waals surface area contributed by atoms with Gasteiger partial charge in [-0.1, -0.05) is 24.3 Å². The zero-order valence-corrected chi connectivity index (χ0v) is 14.2. The zero-order valence-electron chi connectivity index (χ0n) is 9.66. The smallest absolute Gasteiger partial charge is 0.133 e. The first-order valence-corrected chi connectivity index (χ1v) is 7.66. The van der Waals surface area contributed by atoms with Crippen LogP contribution in [0.1, 0.15) is 16.5 Å². The maximum absolute atomic E-state index is 6.54. The van der Waals surface area contributed by atoms with E-state index in [0.29, 0.717) is 0 Å². The van der Waals surface area contributed by atoms with Gasteiger partial charge in [-0.25, -0.2) is 0 Å². The van der Waals surface area contributed by atoms with Crippen LogP contribution in [0, 0.1) is 3.57 Å². The van der Waals surface area contributed by atoms with E-state index in [1.54, 1.807) is 7.11 Å². The molecule has 0 fully saturated rings. The number of alkyl halides is 1. The van der Waals surface area contributed by atoms with Gasteiger partial charge in [0.2, 0.25) is 0 Å². The van der Waals surface area contributed by atoms with E-state index < -0.39 is 0 Å². The Labute approximate surface area is 134 Å². The largest absolute Gasteiger partial charge is 0.496 e. The fourth-order valence-corrected chi connectivity index (χ4v) is 3.47. The highest BCUT2D eigenvalue weighted by atomic mass is 127. The lowest BCUT2D eigenvalue weighted by atomic mass is 10.0. The van der Waals surface area contributed by atoms with Gasteiger partial charge in [0.05, 0.1) is 17.0 Å². The van der Waals surface area contributed by atoms with Crippen LogP contribution in [-0.2, 0) is 0 Å². The Morgan fingerprint density at radius 2 is 1.94 bits per heavy atom. The summed E-state index contributed by atoms with van der Waals surface area (Å²) in [6, 6.07) is 14.0. The third-order valence-corrected chi connectivity index (χ3v) is 4.74. The van der Waals surface area contributed by atoms with Gasteiger partial charge in [0, 0.05) is 3.57 Å². The monoisotopic (exact) mass is 436 g/mol. The summed E-state index contributed by atoms with van der Waals surface area (Å²) in [7, 11) is 1.65. The Morgan fingerprint density at radius 3 is 2.56 bits per heavy atom. The average molecular weight is 438 g/mol. The van der Waals surface area contributed by atoms with Crippen molar-refractivity contribution in [3.05, 3.63) is 61.6 Å². The van der Waals surface area contributed by atoms with E-state index in [1.807, 2.05) is 30.3 Å². The Bertz CT molecular complexity index is 559. The number of hydrogen-bond donors (Lipinski definition) is 0. The number of halogens is 3. The maximum atomic E-state index is 6.54. The van der Waals surface area contributed by atoms with Crippen molar-refractivity contribution in [3.8, 4) is 5.75 Å². The van der Waals surface area contributed by atoms with Crippen molar-refractivity contribution in [2.24, 2.45) is 0 Å². The summed E-state index contributed by atoms with van der Waals surface area (Å²) >= 11 is 12.3. The molecule has 4 heteroatoms. The average Bonchev–Trinajstić information content (AvgIpc) is 2.38. The molecule has 2 rings (SSSR count). The molecule has 0 amide bonds. The first-order chi connectivity index (χ1) is 8.63. The van der Waals surface area contributed by atoms with Gasteiger partial charge in [0.1, 0.15) is 5.75 Å². The number of rotatable bonds is 3. The first-order valence-electron chi connectivity index (χ1n) is 5.35. The molecule has 0 aromatic heterocycles. The van der Waals surface area contributed by atoms with E-state index in [1.165, 1.54) is 3.57 Å². The van der Waals surface area contributed by atoms with Crippen LogP contribution in [-0.4, -0.2) is 7.11 Å². The molecule has 0 bridgehead atoms. The van der Waals surface area contributed by atoms with Crippen molar-refractivity contribution in [3.63, 3.8) is 0 Å². The van der Waals surface area contributed by atoms with Crippen molar-refractivity contribution < 1.29 is 4.74 Å². The number of methoxy groups -OCH3 is 1. The quantitative estimate of drug-likeness (QED) is 0.462. The summed E-state index contributed by atoms with van der Waals surface area (Å²) in [6.07, 6.45) is 0. The molecule has 0 aliphatic rings. The van der Waals surface area contributed by atoms with Gasteiger partial charge < -0.3 is 4.74 Å². The van der Waals surface area contributed by atoms with Crippen LogP contribution in [0.5, 0.6) is 5.75 Å². The predicted octanol–water partition coefficient (Wildman–Crippen LogP) is 5.39. The highest BCUT2D eigenvalue weighted by Gasteiger charge is 2.14. The van der Waals surface area contributed by atoms with Gasteiger partial charge in [0.15, 0.2) is 0 Å². The minimum Gasteiger partial charge on any atom is -0.496 e. The van der Waals surface area contributed by atoms with Crippen LogP contribution in [0.15, 0.2) is 46.9 Å². The lowest BCUT2D eigenvalue weighted by Crippen LogP contribution is -1.96. The van der Waals surface area contributed by atoms with Gasteiger partial charge in [-0.3, -0.25) is 0 Å². The summed E-state index contributed by atoms with van der Waals surface area (Å²) in [4.78, 5) is 0. The minimum absolute atomic E-state index is 0.152. The molecule has 0 aliphatic heterocycles. The second kappa shape index (κ2) is 6.26. The SMILES string of the molecule is COc1ccc(C(Cl)c2ccccc2I)cc1Br. The van der Waals surface area contributed by atoms with Gasteiger partial charge >= 0.3 is 0 Å². The maximum Gasteiger partial charge on any atom is 0.133 e. The lowest BCUT2D eigenvalue weighted by molar-refractivity contribution is 0.412. The van der Waals surface area contributed by atoms with Crippen LogP contribution in [0.2, 0.25) is 0 Å². The fraction of sp³-hybridized carbons (Fsp3) is 0.143. The lowest BCUT2D eigenvalue weighted by Gasteiger charge is -2.13. The van der Waals surface area contributed by atoms with Gasteiger partial charge in [0.25, 0.3) is 0 Å². The highest BCUT2D eigenvalue weighted by molar-refractivity contribution is 14.1. The molecule has 0 radical (unpaired) electrons. The molecule has 0 saturated carbocycles. The molecule has 0 aliphatic carbocycles. The summed E-state index contributed by atoms with van der Waals surface area (Å²) in [5.41, 5.74) is 2.17. The topological polar surface area (TPSA) is 9.23 Å². The van der Waals surface area contributed by atoms with Crippen molar-refractivity contribution in [1.82, 2.24) is 0 Å². The normalized spacial score (nSPS) is 12.2. The summed E-state index contributed by atoms with van der Waals surface area (Å²) in [5.74, 6) is 0.811. The Balaban J connectivity index is 2.37. The molecular weight excluding hydrogens is 426 g/mol. The molecule has 0 heterocycles. The van der Waals surface area contributed by atoms with E-state index in [0.717, 1.165) is 21.3 Å². The molecule has 94 valence electrons. The van der Waals surface area contributed by atoms with E-state index in [4.69, 9.17) is 16.3 Å². The van der Waals surface area contributed by atoms with Crippen LogP contribution < -0.4 is 4.74 Å². The Kier molecular flexibility index (Phi) is 4.92.